The average Bonchev–Trinajstić information content (AvgIpc) is 3.20. The lowest BCUT2D eigenvalue weighted by molar-refractivity contribution is -0.120. The fraction of sp³-hybridized carbons (Fsp3) is 0.471. The Morgan fingerprint density at radius 1 is 1.35 bits per heavy atom. The summed E-state index contributed by atoms with van der Waals surface area (Å²) in [6.07, 6.45) is 3.88. The smallest absolute Gasteiger partial charge is 0.226 e. The molecule has 26 heavy (non-hydrogen) atoms. The van der Waals surface area contributed by atoms with Crippen LogP contribution in [0.1, 0.15) is 38.3 Å². The van der Waals surface area contributed by atoms with Crippen LogP contribution >= 0.6 is 0 Å². The van der Waals surface area contributed by atoms with E-state index in [4.69, 9.17) is 4.98 Å². The summed E-state index contributed by atoms with van der Waals surface area (Å²) in [5, 5.41) is 15.4. The second-order valence-electron chi connectivity index (χ2n) is 6.88. The van der Waals surface area contributed by atoms with Gasteiger partial charge in [-0.1, -0.05) is 0 Å². The van der Waals surface area contributed by atoms with Gasteiger partial charge in [-0.15, -0.1) is 15.3 Å². The summed E-state index contributed by atoms with van der Waals surface area (Å²) in [4.78, 5) is 18.9. The Hall–Kier alpha value is -2.97. The Morgan fingerprint density at radius 2 is 2.19 bits per heavy atom. The number of hydrogen-bond acceptors (Lipinski definition) is 6. The van der Waals surface area contributed by atoms with Gasteiger partial charge in [-0.3, -0.25) is 4.79 Å². The lowest BCUT2D eigenvalue weighted by Crippen LogP contribution is -2.37. The molecule has 4 rings (SSSR count). The maximum atomic E-state index is 12.0. The van der Waals surface area contributed by atoms with Crippen LogP contribution in [0.3, 0.4) is 0 Å². The van der Waals surface area contributed by atoms with Gasteiger partial charge in [-0.2, -0.15) is 4.52 Å². The lowest BCUT2D eigenvalue weighted by atomic mass is 10.2. The van der Waals surface area contributed by atoms with Crippen molar-refractivity contribution in [3.05, 3.63) is 36.2 Å². The molecule has 1 unspecified atom stereocenters. The highest BCUT2D eigenvalue weighted by Crippen LogP contribution is 2.28. The molecular formula is C17H22N8O. The number of nitrogens with one attached hydrogen (secondary N) is 1. The lowest BCUT2D eigenvalue weighted by Gasteiger charge is -2.34. The second kappa shape index (κ2) is 6.40. The van der Waals surface area contributed by atoms with E-state index in [0.717, 1.165) is 36.1 Å². The maximum absolute atomic E-state index is 12.0. The molecule has 0 aromatic carbocycles. The zero-order chi connectivity index (χ0) is 18.3. The van der Waals surface area contributed by atoms with Crippen LogP contribution in [0.2, 0.25) is 0 Å². The van der Waals surface area contributed by atoms with E-state index in [0.29, 0.717) is 6.42 Å². The van der Waals surface area contributed by atoms with E-state index in [1.807, 2.05) is 32.2 Å². The number of nitrogens with zero attached hydrogens (tertiary/aromatic N) is 7. The largest absolute Gasteiger partial charge is 0.354 e. The van der Waals surface area contributed by atoms with Gasteiger partial charge in [0.15, 0.2) is 5.65 Å². The molecule has 0 saturated carbocycles. The summed E-state index contributed by atoms with van der Waals surface area (Å²) < 4.78 is 3.81. The van der Waals surface area contributed by atoms with Gasteiger partial charge in [-0.25, -0.2) is 4.98 Å². The maximum Gasteiger partial charge on any atom is 0.226 e. The van der Waals surface area contributed by atoms with Crippen LogP contribution in [-0.2, 0) is 17.8 Å². The minimum atomic E-state index is -0.000294. The van der Waals surface area contributed by atoms with Crippen molar-refractivity contribution in [3.8, 4) is 0 Å². The average molecular weight is 354 g/mol. The zero-order valence-corrected chi connectivity index (χ0v) is 15.1. The third-order valence-electron chi connectivity index (χ3n) is 4.51. The van der Waals surface area contributed by atoms with Crippen molar-refractivity contribution >= 4 is 17.4 Å². The van der Waals surface area contributed by atoms with Crippen molar-refractivity contribution in [2.75, 3.05) is 11.4 Å². The SMILES string of the molecule is CC(C)NC(=O)Cc1cn2c(n1)C(C)N(c1ccc3nncn3n1)CC2. The van der Waals surface area contributed by atoms with Crippen molar-refractivity contribution in [2.24, 2.45) is 0 Å². The van der Waals surface area contributed by atoms with Crippen LogP contribution in [0.4, 0.5) is 5.82 Å². The van der Waals surface area contributed by atoms with E-state index in [9.17, 15) is 4.79 Å². The highest BCUT2D eigenvalue weighted by atomic mass is 16.1. The number of aromatic nitrogens is 6. The Labute approximate surface area is 151 Å². The van der Waals surface area contributed by atoms with Crippen LogP contribution in [0.5, 0.6) is 0 Å². The molecule has 1 aliphatic heterocycles. The van der Waals surface area contributed by atoms with E-state index >= 15 is 0 Å². The zero-order valence-electron chi connectivity index (χ0n) is 15.1. The normalized spacial score (nSPS) is 16.9. The first kappa shape index (κ1) is 16.5. The van der Waals surface area contributed by atoms with Crippen molar-refractivity contribution < 1.29 is 4.79 Å². The first-order valence-electron chi connectivity index (χ1n) is 8.80. The summed E-state index contributed by atoms with van der Waals surface area (Å²) in [5.74, 6) is 1.81. The summed E-state index contributed by atoms with van der Waals surface area (Å²) in [7, 11) is 0. The Bertz CT molecular complexity index is 943. The van der Waals surface area contributed by atoms with Gasteiger partial charge in [0.25, 0.3) is 0 Å². The van der Waals surface area contributed by atoms with E-state index < -0.39 is 0 Å². The van der Waals surface area contributed by atoms with Gasteiger partial charge in [0.2, 0.25) is 5.91 Å². The number of amides is 1. The number of carbonyl (C=O) groups excluding carboxylic acids is 1. The third kappa shape index (κ3) is 3.00. The summed E-state index contributed by atoms with van der Waals surface area (Å²) in [6.45, 7) is 7.64. The third-order valence-corrected chi connectivity index (χ3v) is 4.51. The van der Waals surface area contributed by atoms with E-state index in [2.05, 4.69) is 37.0 Å². The Morgan fingerprint density at radius 3 is 3.00 bits per heavy atom. The molecule has 1 atom stereocenters. The first-order valence-corrected chi connectivity index (χ1v) is 8.80. The van der Waals surface area contributed by atoms with Gasteiger partial charge in [-0.05, 0) is 32.9 Å². The molecule has 0 spiro atoms. The van der Waals surface area contributed by atoms with E-state index in [1.165, 1.54) is 0 Å². The van der Waals surface area contributed by atoms with Crippen molar-refractivity contribution in [3.63, 3.8) is 0 Å². The molecule has 0 fully saturated rings. The summed E-state index contributed by atoms with van der Waals surface area (Å²) >= 11 is 0. The molecule has 1 aliphatic rings. The van der Waals surface area contributed by atoms with Crippen molar-refractivity contribution in [2.45, 2.75) is 45.8 Å². The molecule has 9 heteroatoms. The number of carbonyl (C=O) groups is 1. The Balaban J connectivity index is 1.56. The minimum Gasteiger partial charge on any atom is -0.354 e. The van der Waals surface area contributed by atoms with Gasteiger partial charge in [0.1, 0.15) is 18.0 Å². The molecule has 3 aromatic rings. The topological polar surface area (TPSA) is 93.2 Å². The summed E-state index contributed by atoms with van der Waals surface area (Å²) in [5.41, 5.74) is 1.52. The standard InChI is InChI=1S/C17H22N8O/c1-11(2)19-16(26)8-13-9-23-6-7-24(12(3)17(23)20-13)15-5-4-14-21-18-10-25(14)22-15/h4-5,9-12H,6-8H2,1-3H3,(H,19,26). The van der Waals surface area contributed by atoms with Crippen LogP contribution < -0.4 is 10.2 Å². The predicted molar refractivity (Wildman–Crippen MR) is 95.8 cm³/mol. The number of imidazole rings is 1. The monoisotopic (exact) mass is 354 g/mol. The fourth-order valence-electron chi connectivity index (χ4n) is 3.35. The molecular weight excluding hydrogens is 332 g/mol. The number of hydrogen-bond donors (Lipinski definition) is 1. The quantitative estimate of drug-likeness (QED) is 0.750. The molecule has 4 heterocycles. The second-order valence-corrected chi connectivity index (χ2v) is 6.88. The van der Waals surface area contributed by atoms with Crippen LogP contribution in [-0.4, -0.2) is 47.9 Å². The molecule has 0 radical (unpaired) electrons. The van der Waals surface area contributed by atoms with Gasteiger partial charge in [0.05, 0.1) is 18.2 Å². The number of anilines is 1. The minimum absolute atomic E-state index is 0.000294. The molecule has 0 aliphatic carbocycles. The Kier molecular flexibility index (Phi) is 4.06. The van der Waals surface area contributed by atoms with Gasteiger partial charge >= 0.3 is 0 Å². The van der Waals surface area contributed by atoms with Crippen LogP contribution in [0, 0.1) is 0 Å². The molecule has 1 amide bonds. The van der Waals surface area contributed by atoms with Crippen LogP contribution in [0.25, 0.3) is 5.65 Å². The van der Waals surface area contributed by atoms with Crippen molar-refractivity contribution in [1.29, 1.82) is 0 Å². The molecule has 1 N–H and O–H groups in total. The van der Waals surface area contributed by atoms with Gasteiger partial charge < -0.3 is 14.8 Å². The predicted octanol–water partition coefficient (Wildman–Crippen LogP) is 0.969. The van der Waals surface area contributed by atoms with Crippen molar-refractivity contribution in [1.82, 2.24) is 34.7 Å². The fourth-order valence-corrected chi connectivity index (χ4v) is 3.35. The van der Waals surface area contributed by atoms with Gasteiger partial charge in [0, 0.05) is 25.3 Å². The first-order chi connectivity index (χ1) is 12.5. The summed E-state index contributed by atoms with van der Waals surface area (Å²) in [6, 6.07) is 4.06. The molecule has 136 valence electrons. The van der Waals surface area contributed by atoms with Crippen LogP contribution in [0.15, 0.2) is 24.7 Å². The number of fused-ring (bicyclic) bond motifs is 2. The molecule has 9 nitrogen and oxygen atoms in total. The highest BCUT2D eigenvalue weighted by Gasteiger charge is 2.28. The van der Waals surface area contributed by atoms with E-state index in [-0.39, 0.29) is 18.0 Å². The molecule has 0 saturated heterocycles. The molecule has 3 aromatic heterocycles. The van der Waals surface area contributed by atoms with E-state index in [1.54, 1.807) is 10.8 Å². The number of rotatable bonds is 4. The highest BCUT2D eigenvalue weighted by molar-refractivity contribution is 5.78. The molecule has 0 bridgehead atoms.